The highest BCUT2D eigenvalue weighted by molar-refractivity contribution is 5.95. The van der Waals surface area contributed by atoms with Gasteiger partial charge >= 0.3 is 0 Å². The SMILES string of the molecule is Cc1cccc(C(=O)NCc2ccc(C#N)cc2NCC(=O)Nc2cccnc2)c1. The predicted molar refractivity (Wildman–Crippen MR) is 115 cm³/mol. The number of carbonyl (C=O) groups excluding carboxylic acids is 2. The molecule has 3 rings (SSSR count). The molecule has 2 aromatic carbocycles. The molecule has 3 aromatic rings. The summed E-state index contributed by atoms with van der Waals surface area (Å²) in [5.74, 6) is -0.441. The molecule has 150 valence electrons. The molecule has 0 fully saturated rings. The maximum atomic E-state index is 12.4. The Bertz CT molecular complexity index is 1090. The van der Waals surface area contributed by atoms with E-state index in [0.29, 0.717) is 22.5 Å². The summed E-state index contributed by atoms with van der Waals surface area (Å²) in [4.78, 5) is 28.6. The Kier molecular flexibility index (Phi) is 6.74. The number of nitrogens with zero attached hydrogens (tertiary/aromatic N) is 2. The quantitative estimate of drug-likeness (QED) is 0.565. The molecular formula is C23H21N5O2. The highest BCUT2D eigenvalue weighted by Gasteiger charge is 2.10. The first-order valence-electron chi connectivity index (χ1n) is 9.37. The smallest absolute Gasteiger partial charge is 0.251 e. The van der Waals surface area contributed by atoms with E-state index in [9.17, 15) is 14.9 Å². The zero-order valence-corrected chi connectivity index (χ0v) is 16.5. The number of nitriles is 1. The fraction of sp³-hybridized carbons (Fsp3) is 0.130. The average Bonchev–Trinajstić information content (AvgIpc) is 2.77. The number of pyridine rings is 1. The van der Waals surface area contributed by atoms with Crippen molar-refractivity contribution in [3.63, 3.8) is 0 Å². The minimum absolute atomic E-state index is 0.00258. The predicted octanol–water partition coefficient (Wildman–Crippen LogP) is 3.24. The molecule has 1 heterocycles. The number of hydrogen-bond donors (Lipinski definition) is 3. The minimum atomic E-state index is -0.250. The molecule has 30 heavy (non-hydrogen) atoms. The molecule has 0 aliphatic rings. The summed E-state index contributed by atoms with van der Waals surface area (Å²) >= 11 is 0. The van der Waals surface area contributed by atoms with E-state index >= 15 is 0 Å². The number of carbonyl (C=O) groups is 2. The van der Waals surface area contributed by atoms with Crippen LogP contribution < -0.4 is 16.0 Å². The first-order chi connectivity index (χ1) is 14.5. The van der Waals surface area contributed by atoms with Gasteiger partial charge in [0, 0.05) is 24.0 Å². The van der Waals surface area contributed by atoms with Crippen LogP contribution in [0.15, 0.2) is 67.0 Å². The van der Waals surface area contributed by atoms with Gasteiger partial charge in [0.2, 0.25) is 5.91 Å². The van der Waals surface area contributed by atoms with E-state index in [-0.39, 0.29) is 24.9 Å². The molecule has 3 N–H and O–H groups in total. The van der Waals surface area contributed by atoms with Crippen LogP contribution in [0.25, 0.3) is 0 Å². The number of aromatic nitrogens is 1. The molecular weight excluding hydrogens is 378 g/mol. The van der Waals surface area contributed by atoms with Crippen molar-refractivity contribution in [2.24, 2.45) is 0 Å². The average molecular weight is 399 g/mol. The topological polar surface area (TPSA) is 107 Å². The Morgan fingerprint density at radius 2 is 1.97 bits per heavy atom. The van der Waals surface area contributed by atoms with Crippen LogP contribution in [0.1, 0.15) is 27.0 Å². The van der Waals surface area contributed by atoms with E-state index in [0.717, 1.165) is 11.1 Å². The molecule has 0 radical (unpaired) electrons. The Labute approximate surface area is 174 Å². The Morgan fingerprint density at radius 3 is 2.70 bits per heavy atom. The van der Waals surface area contributed by atoms with Crippen molar-refractivity contribution in [3.8, 4) is 6.07 Å². The van der Waals surface area contributed by atoms with Crippen molar-refractivity contribution in [1.82, 2.24) is 10.3 Å². The zero-order valence-electron chi connectivity index (χ0n) is 16.5. The second-order valence-corrected chi connectivity index (χ2v) is 6.68. The molecule has 0 saturated carbocycles. The van der Waals surface area contributed by atoms with Crippen LogP contribution in [0, 0.1) is 18.3 Å². The Balaban J connectivity index is 1.65. The summed E-state index contributed by atoms with van der Waals surface area (Å²) in [5.41, 5.74) is 4.01. The van der Waals surface area contributed by atoms with Crippen molar-refractivity contribution in [2.45, 2.75) is 13.5 Å². The summed E-state index contributed by atoms with van der Waals surface area (Å²) in [5, 5.41) is 17.8. The van der Waals surface area contributed by atoms with Crippen LogP contribution in [0.5, 0.6) is 0 Å². The third kappa shape index (κ3) is 5.66. The van der Waals surface area contributed by atoms with Crippen molar-refractivity contribution in [2.75, 3.05) is 17.2 Å². The molecule has 0 aliphatic heterocycles. The standard InChI is InChI=1S/C23H21N5O2/c1-16-4-2-5-18(10-16)23(30)27-13-19-8-7-17(12-24)11-21(19)26-15-22(29)28-20-6-3-9-25-14-20/h2-11,14,26H,13,15H2,1H3,(H,27,30)(H,28,29). The molecule has 0 atom stereocenters. The fourth-order valence-electron chi connectivity index (χ4n) is 2.85. The lowest BCUT2D eigenvalue weighted by molar-refractivity contribution is -0.114. The number of hydrogen-bond acceptors (Lipinski definition) is 5. The second-order valence-electron chi connectivity index (χ2n) is 6.68. The molecule has 1 aromatic heterocycles. The third-order valence-electron chi connectivity index (χ3n) is 4.34. The van der Waals surface area contributed by atoms with Gasteiger partial charge in [-0.1, -0.05) is 23.8 Å². The first kappa shape index (κ1) is 20.6. The van der Waals surface area contributed by atoms with Gasteiger partial charge < -0.3 is 16.0 Å². The van der Waals surface area contributed by atoms with Gasteiger partial charge in [0.1, 0.15) is 0 Å². The largest absolute Gasteiger partial charge is 0.376 e. The summed E-state index contributed by atoms with van der Waals surface area (Å²) < 4.78 is 0. The maximum Gasteiger partial charge on any atom is 0.251 e. The summed E-state index contributed by atoms with van der Waals surface area (Å²) in [7, 11) is 0. The van der Waals surface area contributed by atoms with Gasteiger partial charge in [-0.05, 0) is 48.9 Å². The Hall–Kier alpha value is -4.18. The summed E-state index contributed by atoms with van der Waals surface area (Å²) in [6, 6.07) is 18.0. The monoisotopic (exact) mass is 399 g/mol. The highest BCUT2D eigenvalue weighted by atomic mass is 16.2. The number of anilines is 2. The second kappa shape index (κ2) is 9.85. The molecule has 0 saturated heterocycles. The van der Waals surface area contributed by atoms with E-state index in [1.165, 1.54) is 0 Å². The van der Waals surface area contributed by atoms with Crippen molar-refractivity contribution < 1.29 is 9.59 Å². The van der Waals surface area contributed by atoms with Crippen LogP contribution in [0.2, 0.25) is 0 Å². The van der Waals surface area contributed by atoms with Crippen molar-refractivity contribution in [3.05, 3.63) is 89.2 Å². The number of rotatable bonds is 7. The molecule has 0 aliphatic carbocycles. The van der Waals surface area contributed by atoms with Gasteiger partial charge in [0.05, 0.1) is 30.1 Å². The van der Waals surface area contributed by atoms with Crippen molar-refractivity contribution >= 4 is 23.2 Å². The number of amides is 2. The zero-order chi connectivity index (χ0) is 21.3. The summed E-state index contributed by atoms with van der Waals surface area (Å²) in [6.07, 6.45) is 3.18. The molecule has 0 bridgehead atoms. The van der Waals surface area contributed by atoms with Crippen molar-refractivity contribution in [1.29, 1.82) is 5.26 Å². The number of nitrogens with one attached hydrogen (secondary N) is 3. The lowest BCUT2D eigenvalue weighted by Gasteiger charge is -2.14. The number of aryl methyl sites for hydroxylation is 1. The lowest BCUT2D eigenvalue weighted by Crippen LogP contribution is -2.25. The fourth-order valence-corrected chi connectivity index (χ4v) is 2.85. The van der Waals surface area contributed by atoms with Gasteiger partial charge in [-0.3, -0.25) is 14.6 Å². The van der Waals surface area contributed by atoms with Crippen LogP contribution >= 0.6 is 0 Å². The molecule has 2 amide bonds. The van der Waals surface area contributed by atoms with E-state index in [1.54, 1.807) is 48.8 Å². The Morgan fingerprint density at radius 1 is 1.10 bits per heavy atom. The van der Waals surface area contributed by atoms with Crippen LogP contribution in [-0.4, -0.2) is 23.3 Å². The van der Waals surface area contributed by atoms with Gasteiger partial charge in [-0.15, -0.1) is 0 Å². The van der Waals surface area contributed by atoms with E-state index in [2.05, 4.69) is 27.0 Å². The first-order valence-corrected chi connectivity index (χ1v) is 9.37. The summed E-state index contributed by atoms with van der Waals surface area (Å²) in [6.45, 7) is 2.18. The van der Waals surface area contributed by atoms with Gasteiger partial charge in [0.15, 0.2) is 0 Å². The molecule has 0 unspecified atom stereocenters. The molecule has 7 heteroatoms. The van der Waals surface area contributed by atoms with Crippen LogP contribution in [-0.2, 0) is 11.3 Å². The van der Waals surface area contributed by atoms with Gasteiger partial charge in [0.25, 0.3) is 5.91 Å². The van der Waals surface area contributed by atoms with E-state index < -0.39 is 0 Å². The lowest BCUT2D eigenvalue weighted by atomic mass is 10.1. The highest BCUT2D eigenvalue weighted by Crippen LogP contribution is 2.18. The van der Waals surface area contributed by atoms with Crippen LogP contribution in [0.4, 0.5) is 11.4 Å². The van der Waals surface area contributed by atoms with Gasteiger partial charge in [-0.25, -0.2) is 0 Å². The van der Waals surface area contributed by atoms with Gasteiger partial charge in [-0.2, -0.15) is 5.26 Å². The van der Waals surface area contributed by atoms with E-state index in [4.69, 9.17) is 0 Å². The third-order valence-corrected chi connectivity index (χ3v) is 4.34. The number of benzene rings is 2. The molecule has 7 nitrogen and oxygen atoms in total. The van der Waals surface area contributed by atoms with E-state index in [1.807, 2.05) is 25.1 Å². The minimum Gasteiger partial charge on any atom is -0.376 e. The maximum absolute atomic E-state index is 12.4. The van der Waals surface area contributed by atoms with Crippen LogP contribution in [0.3, 0.4) is 0 Å². The normalized spacial score (nSPS) is 10.0. The molecule has 0 spiro atoms.